The highest BCUT2D eigenvalue weighted by Crippen LogP contribution is 2.21. The normalized spacial score (nSPS) is 12.9. The van der Waals surface area contributed by atoms with Crippen LogP contribution in [0.15, 0.2) is 24.3 Å². The Bertz CT molecular complexity index is 786. The van der Waals surface area contributed by atoms with E-state index in [9.17, 15) is 9.59 Å². The van der Waals surface area contributed by atoms with Crippen molar-refractivity contribution in [1.29, 1.82) is 0 Å². The molecule has 0 bridgehead atoms. The van der Waals surface area contributed by atoms with Gasteiger partial charge in [0, 0.05) is 6.61 Å². The molecule has 1 aliphatic rings. The van der Waals surface area contributed by atoms with E-state index >= 15 is 0 Å². The standard InChI is InChI=1S/C33H55NO8/c1-2-3-4-5-6-7-8-9-10-11-14-18-37-20-22-39-24-26-41-28-29-42-27-25-40-23-21-38-19-17-34-32(35)30-15-12-13-16-31(30)33(34)36/h12-13,15-16H,2-11,14,17-29H2,1H3. The van der Waals surface area contributed by atoms with Gasteiger partial charge in [-0.2, -0.15) is 0 Å². The fourth-order valence-electron chi connectivity index (χ4n) is 4.67. The van der Waals surface area contributed by atoms with E-state index in [1.807, 2.05) is 0 Å². The second-order valence-corrected chi connectivity index (χ2v) is 10.5. The van der Waals surface area contributed by atoms with Gasteiger partial charge in [-0.1, -0.05) is 83.3 Å². The lowest BCUT2D eigenvalue weighted by Gasteiger charge is -2.13. The molecule has 240 valence electrons. The number of carbonyl (C=O) groups excluding carboxylic acids is 2. The van der Waals surface area contributed by atoms with Crippen molar-refractivity contribution in [2.24, 2.45) is 0 Å². The van der Waals surface area contributed by atoms with E-state index in [1.54, 1.807) is 24.3 Å². The number of rotatable bonds is 30. The molecule has 0 saturated carbocycles. The molecular weight excluding hydrogens is 538 g/mol. The molecule has 2 amide bonds. The van der Waals surface area contributed by atoms with Crippen LogP contribution in [0.25, 0.3) is 0 Å². The molecule has 1 aliphatic heterocycles. The number of benzene rings is 1. The summed E-state index contributed by atoms with van der Waals surface area (Å²) in [4.78, 5) is 25.8. The fraction of sp³-hybridized carbons (Fsp3) is 0.758. The summed E-state index contributed by atoms with van der Waals surface area (Å²) in [6.45, 7) is 8.69. The Labute approximate surface area is 253 Å². The van der Waals surface area contributed by atoms with E-state index in [-0.39, 0.29) is 25.0 Å². The van der Waals surface area contributed by atoms with Gasteiger partial charge >= 0.3 is 0 Å². The topological polar surface area (TPSA) is 92.8 Å². The molecule has 9 nitrogen and oxygen atoms in total. The molecule has 1 aromatic rings. The highest BCUT2D eigenvalue weighted by molar-refractivity contribution is 6.21. The van der Waals surface area contributed by atoms with Crippen LogP contribution in [-0.4, -0.2) is 103 Å². The minimum atomic E-state index is -0.265. The quantitative estimate of drug-likeness (QED) is 0.0830. The van der Waals surface area contributed by atoms with Crippen LogP contribution < -0.4 is 0 Å². The molecule has 1 aromatic carbocycles. The zero-order valence-electron chi connectivity index (χ0n) is 26.0. The summed E-state index contributed by atoms with van der Waals surface area (Å²) < 4.78 is 33.1. The number of ether oxygens (including phenoxy) is 6. The number of nitrogens with zero attached hydrogens (tertiary/aromatic N) is 1. The van der Waals surface area contributed by atoms with Gasteiger partial charge in [0.2, 0.25) is 0 Å². The van der Waals surface area contributed by atoms with Crippen molar-refractivity contribution in [2.45, 2.75) is 77.6 Å². The number of amides is 2. The summed E-state index contributed by atoms with van der Waals surface area (Å²) in [6.07, 6.45) is 14.8. The molecule has 0 unspecified atom stereocenters. The van der Waals surface area contributed by atoms with Crippen molar-refractivity contribution in [3.8, 4) is 0 Å². The molecule has 0 aromatic heterocycles. The maximum atomic E-state index is 12.3. The van der Waals surface area contributed by atoms with E-state index in [0.717, 1.165) is 13.0 Å². The van der Waals surface area contributed by atoms with Gasteiger partial charge < -0.3 is 28.4 Å². The number of imide groups is 1. The predicted molar refractivity (Wildman–Crippen MR) is 163 cm³/mol. The molecule has 1 heterocycles. The van der Waals surface area contributed by atoms with Crippen molar-refractivity contribution < 1.29 is 38.0 Å². The SMILES string of the molecule is CCCCCCCCCCCCCOCCOCCOCCOCCOCCOCCN1C(=O)c2ccccc2C1=O. The van der Waals surface area contributed by atoms with Gasteiger partial charge in [0.05, 0.1) is 90.3 Å². The molecule has 0 radical (unpaired) electrons. The second kappa shape index (κ2) is 25.6. The first-order valence-electron chi connectivity index (χ1n) is 16.2. The van der Waals surface area contributed by atoms with Crippen molar-refractivity contribution in [3.05, 3.63) is 35.4 Å². The van der Waals surface area contributed by atoms with Crippen LogP contribution in [0.5, 0.6) is 0 Å². The number of fused-ring (bicyclic) bond motifs is 1. The lowest BCUT2D eigenvalue weighted by molar-refractivity contribution is -0.0173. The summed E-state index contributed by atoms with van der Waals surface area (Å²) in [7, 11) is 0. The van der Waals surface area contributed by atoms with Crippen LogP contribution in [-0.2, 0) is 28.4 Å². The first-order chi connectivity index (χ1) is 20.8. The molecule has 0 N–H and O–H groups in total. The van der Waals surface area contributed by atoms with Gasteiger partial charge in [0.1, 0.15) is 0 Å². The third-order valence-corrected chi connectivity index (χ3v) is 7.09. The Morgan fingerprint density at radius 3 is 1.19 bits per heavy atom. The van der Waals surface area contributed by atoms with E-state index in [2.05, 4.69) is 6.92 Å². The number of hydrogen-bond donors (Lipinski definition) is 0. The summed E-state index contributed by atoms with van der Waals surface area (Å²) in [5, 5.41) is 0. The van der Waals surface area contributed by atoms with Gasteiger partial charge in [-0.25, -0.2) is 0 Å². The maximum Gasteiger partial charge on any atom is 0.261 e. The van der Waals surface area contributed by atoms with Crippen LogP contribution in [0.2, 0.25) is 0 Å². The van der Waals surface area contributed by atoms with Gasteiger partial charge in [-0.15, -0.1) is 0 Å². The second-order valence-electron chi connectivity index (χ2n) is 10.5. The molecule has 0 spiro atoms. The van der Waals surface area contributed by atoms with E-state index in [1.165, 1.54) is 69.1 Å². The third kappa shape index (κ3) is 16.7. The largest absolute Gasteiger partial charge is 0.379 e. The van der Waals surface area contributed by atoms with Crippen LogP contribution in [0.1, 0.15) is 98.3 Å². The summed E-state index contributed by atoms with van der Waals surface area (Å²) in [6, 6.07) is 6.86. The number of carbonyl (C=O) groups is 2. The predicted octanol–water partition coefficient (Wildman–Crippen LogP) is 5.69. The maximum absolute atomic E-state index is 12.3. The highest BCUT2D eigenvalue weighted by atomic mass is 16.6. The number of hydrogen-bond acceptors (Lipinski definition) is 8. The lowest BCUT2D eigenvalue weighted by atomic mass is 10.1. The molecule has 9 heteroatoms. The smallest absolute Gasteiger partial charge is 0.261 e. The first-order valence-corrected chi connectivity index (χ1v) is 16.2. The lowest BCUT2D eigenvalue weighted by Crippen LogP contribution is -2.33. The Balaban J connectivity index is 1.21. The number of unbranched alkanes of at least 4 members (excludes halogenated alkanes) is 10. The van der Waals surface area contributed by atoms with Gasteiger partial charge in [-0.3, -0.25) is 14.5 Å². The van der Waals surface area contributed by atoms with Crippen molar-refractivity contribution >= 4 is 11.8 Å². The van der Waals surface area contributed by atoms with Gasteiger partial charge in [0.15, 0.2) is 0 Å². The van der Waals surface area contributed by atoms with Crippen LogP contribution in [0.3, 0.4) is 0 Å². The van der Waals surface area contributed by atoms with Gasteiger partial charge in [0.25, 0.3) is 11.8 Å². The summed E-state index contributed by atoms with van der Waals surface area (Å²) >= 11 is 0. The summed E-state index contributed by atoms with van der Waals surface area (Å²) in [5.74, 6) is -0.530. The Hall–Kier alpha value is -1.88. The molecule has 0 aliphatic carbocycles. The van der Waals surface area contributed by atoms with Crippen molar-refractivity contribution in [2.75, 3.05) is 85.8 Å². The highest BCUT2D eigenvalue weighted by Gasteiger charge is 2.34. The zero-order chi connectivity index (χ0) is 29.9. The van der Waals surface area contributed by atoms with Crippen molar-refractivity contribution in [3.63, 3.8) is 0 Å². The summed E-state index contributed by atoms with van der Waals surface area (Å²) in [5.41, 5.74) is 0.908. The van der Waals surface area contributed by atoms with Crippen LogP contribution in [0.4, 0.5) is 0 Å². The average Bonchev–Trinajstić information content (AvgIpc) is 3.25. The molecular formula is C33H55NO8. The first kappa shape index (κ1) is 36.3. The molecule has 42 heavy (non-hydrogen) atoms. The van der Waals surface area contributed by atoms with Crippen LogP contribution >= 0.6 is 0 Å². The van der Waals surface area contributed by atoms with E-state index in [4.69, 9.17) is 28.4 Å². The molecule has 0 fully saturated rings. The molecule has 2 rings (SSSR count). The minimum Gasteiger partial charge on any atom is -0.379 e. The van der Waals surface area contributed by atoms with Crippen LogP contribution in [0, 0.1) is 0 Å². The van der Waals surface area contributed by atoms with Crippen molar-refractivity contribution in [1.82, 2.24) is 4.90 Å². The molecule has 0 saturated heterocycles. The van der Waals surface area contributed by atoms with Gasteiger partial charge in [-0.05, 0) is 18.6 Å². The minimum absolute atomic E-state index is 0.230. The van der Waals surface area contributed by atoms with E-state index in [0.29, 0.717) is 77.2 Å². The Morgan fingerprint density at radius 1 is 0.452 bits per heavy atom. The average molecular weight is 594 g/mol. The zero-order valence-corrected chi connectivity index (χ0v) is 26.0. The third-order valence-electron chi connectivity index (χ3n) is 7.09. The monoisotopic (exact) mass is 593 g/mol. The Kier molecular flexibility index (Phi) is 22.1. The fourth-order valence-corrected chi connectivity index (χ4v) is 4.67. The van der Waals surface area contributed by atoms with E-state index < -0.39 is 0 Å². The molecule has 0 atom stereocenters. The Morgan fingerprint density at radius 2 is 0.786 bits per heavy atom.